The molecule has 0 aliphatic rings. The molecule has 0 aliphatic heterocycles. The zero-order valence-corrected chi connectivity index (χ0v) is 10.1. The molecule has 1 aromatic heterocycles. The first-order valence-corrected chi connectivity index (χ1v) is 7.01. The summed E-state index contributed by atoms with van der Waals surface area (Å²) in [6.07, 6.45) is 5.62. The fourth-order valence-electron chi connectivity index (χ4n) is 1.23. The van der Waals surface area contributed by atoms with Gasteiger partial charge in [-0.15, -0.1) is 0 Å². The number of sulfonamides is 1. The summed E-state index contributed by atoms with van der Waals surface area (Å²) in [7, 11) is -3.06. The number of rotatable bonds is 7. The van der Waals surface area contributed by atoms with Crippen molar-refractivity contribution in [3.63, 3.8) is 0 Å². The highest BCUT2D eigenvalue weighted by Gasteiger charge is 1.98. The van der Waals surface area contributed by atoms with Crippen LogP contribution in [0.4, 0.5) is 0 Å². The molecule has 1 heterocycles. The first-order valence-electron chi connectivity index (χ1n) is 5.12. The summed E-state index contributed by atoms with van der Waals surface area (Å²) in [6, 6.07) is 3.92. The molecular formula is C10H17N3O2S. The molecule has 6 heteroatoms. The van der Waals surface area contributed by atoms with Gasteiger partial charge in [0.15, 0.2) is 0 Å². The van der Waals surface area contributed by atoms with Gasteiger partial charge in [-0.2, -0.15) is 0 Å². The van der Waals surface area contributed by atoms with Crippen molar-refractivity contribution in [2.75, 3.05) is 25.9 Å². The molecule has 5 nitrogen and oxygen atoms in total. The van der Waals surface area contributed by atoms with Crippen molar-refractivity contribution in [1.29, 1.82) is 0 Å². The van der Waals surface area contributed by atoms with Gasteiger partial charge < -0.3 is 5.32 Å². The first-order chi connectivity index (χ1) is 7.58. The van der Waals surface area contributed by atoms with E-state index in [9.17, 15) is 8.42 Å². The Bertz CT molecular complexity index is 392. The second-order valence-electron chi connectivity index (χ2n) is 3.53. The number of hydrogen-bond acceptors (Lipinski definition) is 4. The summed E-state index contributed by atoms with van der Waals surface area (Å²) in [4.78, 5) is 4.01. The maximum absolute atomic E-state index is 10.7. The third kappa shape index (κ3) is 6.49. The zero-order valence-electron chi connectivity index (χ0n) is 9.31. The Hall–Kier alpha value is -0.980. The minimum absolute atomic E-state index is 0.422. The second kappa shape index (κ2) is 6.57. The van der Waals surface area contributed by atoms with Gasteiger partial charge in [0.25, 0.3) is 0 Å². The number of hydrogen-bond donors (Lipinski definition) is 2. The van der Waals surface area contributed by atoms with E-state index in [1.54, 1.807) is 6.20 Å². The van der Waals surface area contributed by atoms with E-state index in [1.807, 2.05) is 18.3 Å². The van der Waals surface area contributed by atoms with Crippen LogP contribution in [0.3, 0.4) is 0 Å². The first kappa shape index (κ1) is 13.1. The smallest absolute Gasteiger partial charge is 0.208 e. The second-order valence-corrected chi connectivity index (χ2v) is 5.36. The van der Waals surface area contributed by atoms with E-state index in [0.717, 1.165) is 19.2 Å². The SMILES string of the molecule is CS(=O)(=O)NCCNCCc1cccnc1. The van der Waals surface area contributed by atoms with Crippen molar-refractivity contribution in [3.8, 4) is 0 Å². The largest absolute Gasteiger partial charge is 0.315 e. The predicted molar refractivity (Wildman–Crippen MR) is 63.7 cm³/mol. The average Bonchev–Trinajstić information content (AvgIpc) is 2.23. The monoisotopic (exact) mass is 243 g/mol. The Labute approximate surface area is 96.3 Å². The number of aromatic nitrogens is 1. The molecule has 0 spiro atoms. The van der Waals surface area contributed by atoms with Crippen LogP contribution in [0.5, 0.6) is 0 Å². The molecule has 90 valence electrons. The third-order valence-electron chi connectivity index (χ3n) is 1.98. The zero-order chi connectivity index (χ0) is 11.9. The van der Waals surface area contributed by atoms with Crippen molar-refractivity contribution in [2.24, 2.45) is 0 Å². The predicted octanol–water partition coefficient (Wildman–Crippen LogP) is -0.237. The molecular weight excluding hydrogens is 226 g/mol. The molecule has 1 aromatic rings. The van der Waals surface area contributed by atoms with E-state index in [1.165, 1.54) is 5.56 Å². The molecule has 0 aliphatic carbocycles. The van der Waals surface area contributed by atoms with Crippen molar-refractivity contribution < 1.29 is 8.42 Å². The van der Waals surface area contributed by atoms with Crippen LogP contribution in [0.1, 0.15) is 5.56 Å². The molecule has 0 atom stereocenters. The van der Waals surface area contributed by atoms with Crippen molar-refractivity contribution >= 4 is 10.0 Å². The number of pyridine rings is 1. The van der Waals surface area contributed by atoms with E-state index in [2.05, 4.69) is 15.0 Å². The van der Waals surface area contributed by atoms with Gasteiger partial charge in [0, 0.05) is 25.5 Å². The quantitative estimate of drug-likeness (QED) is 0.649. The fraction of sp³-hybridized carbons (Fsp3) is 0.500. The van der Waals surface area contributed by atoms with Crippen LogP contribution < -0.4 is 10.0 Å². The van der Waals surface area contributed by atoms with Gasteiger partial charge in [0.1, 0.15) is 0 Å². The Morgan fingerprint density at radius 2 is 2.12 bits per heavy atom. The highest BCUT2D eigenvalue weighted by atomic mass is 32.2. The Balaban J connectivity index is 2.05. The Morgan fingerprint density at radius 1 is 1.31 bits per heavy atom. The summed E-state index contributed by atoms with van der Waals surface area (Å²) in [6.45, 7) is 1.87. The Morgan fingerprint density at radius 3 is 2.75 bits per heavy atom. The van der Waals surface area contributed by atoms with Crippen LogP contribution in [0.25, 0.3) is 0 Å². The van der Waals surface area contributed by atoms with E-state index < -0.39 is 10.0 Å². The molecule has 0 amide bonds. The summed E-state index contributed by atoms with van der Waals surface area (Å²) in [5.41, 5.74) is 1.17. The summed E-state index contributed by atoms with van der Waals surface area (Å²) in [5.74, 6) is 0. The molecule has 0 fully saturated rings. The lowest BCUT2D eigenvalue weighted by molar-refractivity contribution is 0.582. The topological polar surface area (TPSA) is 71.1 Å². The minimum Gasteiger partial charge on any atom is -0.315 e. The summed E-state index contributed by atoms with van der Waals surface area (Å²) >= 11 is 0. The number of nitrogens with one attached hydrogen (secondary N) is 2. The maximum atomic E-state index is 10.7. The maximum Gasteiger partial charge on any atom is 0.208 e. The van der Waals surface area contributed by atoms with Gasteiger partial charge in [-0.3, -0.25) is 4.98 Å². The molecule has 1 rings (SSSR count). The van der Waals surface area contributed by atoms with Crippen molar-refractivity contribution in [3.05, 3.63) is 30.1 Å². The van der Waals surface area contributed by atoms with E-state index in [0.29, 0.717) is 13.1 Å². The van der Waals surface area contributed by atoms with Gasteiger partial charge in [-0.25, -0.2) is 13.1 Å². The fourth-order valence-corrected chi connectivity index (χ4v) is 1.70. The van der Waals surface area contributed by atoms with Crippen LogP contribution >= 0.6 is 0 Å². The molecule has 0 radical (unpaired) electrons. The van der Waals surface area contributed by atoms with Gasteiger partial charge in [0.2, 0.25) is 10.0 Å². The third-order valence-corrected chi connectivity index (χ3v) is 2.71. The Kier molecular flexibility index (Phi) is 5.37. The van der Waals surface area contributed by atoms with Gasteiger partial charge in [0.05, 0.1) is 6.26 Å². The highest BCUT2D eigenvalue weighted by Crippen LogP contribution is 1.94. The highest BCUT2D eigenvalue weighted by molar-refractivity contribution is 7.88. The lowest BCUT2D eigenvalue weighted by Gasteiger charge is -2.05. The average molecular weight is 243 g/mol. The van der Waals surface area contributed by atoms with Crippen LogP contribution in [0.15, 0.2) is 24.5 Å². The minimum atomic E-state index is -3.06. The van der Waals surface area contributed by atoms with Crippen molar-refractivity contribution in [1.82, 2.24) is 15.0 Å². The molecule has 0 aromatic carbocycles. The summed E-state index contributed by atoms with van der Waals surface area (Å²) in [5, 5.41) is 3.15. The number of nitrogens with zero attached hydrogens (tertiary/aromatic N) is 1. The van der Waals surface area contributed by atoms with Gasteiger partial charge in [-0.05, 0) is 24.6 Å². The molecule has 16 heavy (non-hydrogen) atoms. The molecule has 2 N–H and O–H groups in total. The standard InChI is InChI=1S/C10H17N3O2S/c1-16(14,15)13-8-7-11-6-4-10-3-2-5-12-9-10/h2-3,5,9,11,13H,4,6-8H2,1H3. The normalized spacial score (nSPS) is 11.6. The van der Waals surface area contributed by atoms with E-state index >= 15 is 0 Å². The molecule has 0 unspecified atom stereocenters. The van der Waals surface area contributed by atoms with E-state index in [4.69, 9.17) is 0 Å². The molecule has 0 saturated heterocycles. The molecule has 0 saturated carbocycles. The lowest BCUT2D eigenvalue weighted by atomic mass is 10.2. The van der Waals surface area contributed by atoms with Gasteiger partial charge in [-0.1, -0.05) is 6.07 Å². The van der Waals surface area contributed by atoms with Crippen LogP contribution in [-0.4, -0.2) is 39.3 Å². The summed E-state index contributed by atoms with van der Waals surface area (Å²) < 4.78 is 23.9. The van der Waals surface area contributed by atoms with Crippen molar-refractivity contribution in [2.45, 2.75) is 6.42 Å². The molecule has 0 bridgehead atoms. The van der Waals surface area contributed by atoms with Gasteiger partial charge >= 0.3 is 0 Å². The van der Waals surface area contributed by atoms with Crippen LogP contribution in [0, 0.1) is 0 Å². The van der Waals surface area contributed by atoms with Crippen LogP contribution in [0.2, 0.25) is 0 Å². The lowest BCUT2D eigenvalue weighted by Crippen LogP contribution is -2.31. The van der Waals surface area contributed by atoms with E-state index in [-0.39, 0.29) is 0 Å². The van der Waals surface area contributed by atoms with Crippen LogP contribution in [-0.2, 0) is 16.4 Å².